The second kappa shape index (κ2) is 11.1. The molecule has 0 radical (unpaired) electrons. The van der Waals surface area contributed by atoms with Crippen LogP contribution < -0.4 is 20.1 Å². The average Bonchev–Trinajstić information content (AvgIpc) is 3.43. The minimum atomic E-state index is -0.0157. The molecule has 2 fully saturated rings. The zero-order chi connectivity index (χ0) is 19.2. The van der Waals surface area contributed by atoms with Crippen molar-refractivity contribution < 1.29 is 9.47 Å². The van der Waals surface area contributed by atoms with Crippen molar-refractivity contribution in [1.82, 2.24) is 15.5 Å². The molecule has 2 aliphatic rings. The third kappa shape index (κ3) is 6.69. The molecule has 0 amide bonds. The van der Waals surface area contributed by atoms with E-state index in [9.17, 15) is 0 Å². The van der Waals surface area contributed by atoms with Gasteiger partial charge in [0.05, 0.1) is 13.7 Å². The number of nitrogens with one attached hydrogen (secondary N) is 2. The molecule has 1 aliphatic heterocycles. The van der Waals surface area contributed by atoms with E-state index in [0.717, 1.165) is 36.6 Å². The van der Waals surface area contributed by atoms with Crippen LogP contribution in [0.15, 0.2) is 29.3 Å². The number of hydrogen-bond donors (Lipinski definition) is 2. The molecule has 1 heterocycles. The molecule has 1 aliphatic carbocycles. The Morgan fingerprint density at radius 3 is 2.75 bits per heavy atom. The maximum Gasteiger partial charge on any atom is 0.191 e. The smallest absolute Gasteiger partial charge is 0.191 e. The number of ether oxygens (including phenoxy) is 2. The highest BCUT2D eigenvalue weighted by Gasteiger charge is 2.38. The Balaban J connectivity index is 0.00000280. The number of halogens is 1. The first-order valence-corrected chi connectivity index (χ1v) is 10.2. The highest BCUT2D eigenvalue weighted by Crippen LogP contribution is 2.33. The first-order valence-electron chi connectivity index (χ1n) is 10.2. The van der Waals surface area contributed by atoms with Gasteiger partial charge >= 0.3 is 0 Å². The lowest BCUT2D eigenvalue weighted by atomic mass is 10.2. The molecule has 1 aromatic rings. The molecular weight excluding hydrogens is 467 g/mol. The molecule has 28 heavy (non-hydrogen) atoms. The number of aliphatic imine (C=N–C) groups is 1. The van der Waals surface area contributed by atoms with Gasteiger partial charge in [0.2, 0.25) is 0 Å². The fourth-order valence-electron chi connectivity index (χ4n) is 3.75. The number of hydrogen-bond acceptors (Lipinski definition) is 4. The van der Waals surface area contributed by atoms with Gasteiger partial charge in [0.1, 0.15) is 17.6 Å². The van der Waals surface area contributed by atoms with Crippen LogP contribution in [-0.4, -0.2) is 61.8 Å². The van der Waals surface area contributed by atoms with Crippen molar-refractivity contribution in [2.75, 3.05) is 26.7 Å². The Kier molecular flexibility index (Phi) is 9.14. The van der Waals surface area contributed by atoms with Crippen molar-refractivity contribution in [3.63, 3.8) is 0 Å². The maximum atomic E-state index is 5.98. The van der Waals surface area contributed by atoms with Crippen LogP contribution in [-0.2, 0) is 0 Å². The number of nitrogens with zero attached hydrogens (tertiary/aromatic N) is 2. The van der Waals surface area contributed by atoms with Crippen LogP contribution >= 0.6 is 24.0 Å². The van der Waals surface area contributed by atoms with Gasteiger partial charge in [-0.05, 0) is 52.2 Å². The third-order valence-corrected chi connectivity index (χ3v) is 5.21. The minimum absolute atomic E-state index is 0. The van der Waals surface area contributed by atoms with Crippen LogP contribution in [0.5, 0.6) is 11.5 Å². The molecule has 3 atom stereocenters. The van der Waals surface area contributed by atoms with Crippen molar-refractivity contribution in [3.8, 4) is 11.5 Å². The number of methoxy groups -OCH3 is 1. The lowest BCUT2D eigenvalue weighted by molar-refractivity contribution is 0.229. The highest BCUT2D eigenvalue weighted by molar-refractivity contribution is 14.0. The molecular formula is C21H35IN4O2. The number of rotatable bonds is 8. The second-order valence-corrected chi connectivity index (χ2v) is 7.68. The molecule has 1 saturated carbocycles. The minimum Gasteiger partial charge on any atom is -0.497 e. The van der Waals surface area contributed by atoms with Gasteiger partial charge in [-0.15, -0.1) is 24.0 Å². The van der Waals surface area contributed by atoms with Crippen LogP contribution in [0.25, 0.3) is 0 Å². The Morgan fingerprint density at radius 2 is 2.07 bits per heavy atom. The first-order chi connectivity index (χ1) is 13.1. The van der Waals surface area contributed by atoms with Crippen LogP contribution in [0, 0.1) is 0 Å². The molecule has 158 valence electrons. The molecule has 3 unspecified atom stereocenters. The molecule has 6 nitrogen and oxygen atoms in total. The molecule has 2 N–H and O–H groups in total. The number of guanidine groups is 1. The third-order valence-electron chi connectivity index (χ3n) is 5.21. The molecule has 0 aromatic heterocycles. The Bertz CT molecular complexity index is 639. The molecule has 3 rings (SSSR count). The number of likely N-dealkylation sites (tertiary alicyclic amines) is 1. The first kappa shape index (κ1) is 23.1. The molecule has 1 saturated heterocycles. The van der Waals surface area contributed by atoms with Gasteiger partial charge in [0, 0.05) is 37.3 Å². The number of benzene rings is 1. The fourth-order valence-corrected chi connectivity index (χ4v) is 3.75. The monoisotopic (exact) mass is 502 g/mol. The summed E-state index contributed by atoms with van der Waals surface area (Å²) in [6, 6.07) is 9.64. The van der Waals surface area contributed by atoms with Gasteiger partial charge in [-0.25, -0.2) is 4.99 Å². The van der Waals surface area contributed by atoms with E-state index in [4.69, 9.17) is 14.5 Å². The summed E-state index contributed by atoms with van der Waals surface area (Å²) in [6.07, 6.45) is 3.89. The van der Waals surface area contributed by atoms with Gasteiger partial charge < -0.3 is 20.1 Å². The zero-order valence-electron chi connectivity index (χ0n) is 17.5. The maximum absolute atomic E-state index is 5.98. The summed E-state index contributed by atoms with van der Waals surface area (Å²) in [6.45, 7) is 9.05. The SMILES string of the molecule is CCNC(=NCC(C)Oc1cccc(OC)c1)NC1CC(C)N(C2CC2)C1.I. The lowest BCUT2D eigenvalue weighted by Crippen LogP contribution is -2.45. The Morgan fingerprint density at radius 1 is 1.32 bits per heavy atom. The van der Waals surface area contributed by atoms with E-state index in [1.807, 2.05) is 31.2 Å². The fraction of sp³-hybridized carbons (Fsp3) is 0.667. The van der Waals surface area contributed by atoms with Crippen molar-refractivity contribution in [2.45, 2.75) is 64.3 Å². The van der Waals surface area contributed by atoms with E-state index in [-0.39, 0.29) is 30.1 Å². The molecule has 1 aromatic carbocycles. The second-order valence-electron chi connectivity index (χ2n) is 7.68. The average molecular weight is 502 g/mol. The largest absolute Gasteiger partial charge is 0.497 e. The predicted molar refractivity (Wildman–Crippen MR) is 125 cm³/mol. The molecule has 7 heteroatoms. The summed E-state index contributed by atoms with van der Waals surface area (Å²) in [7, 11) is 1.66. The van der Waals surface area contributed by atoms with Crippen LogP contribution in [0.2, 0.25) is 0 Å². The Labute approximate surface area is 186 Å². The van der Waals surface area contributed by atoms with Gasteiger partial charge in [0.15, 0.2) is 5.96 Å². The van der Waals surface area contributed by atoms with Crippen molar-refractivity contribution in [2.24, 2.45) is 4.99 Å². The van der Waals surface area contributed by atoms with E-state index in [1.54, 1.807) is 7.11 Å². The van der Waals surface area contributed by atoms with Gasteiger partial charge in [-0.3, -0.25) is 4.90 Å². The molecule has 0 bridgehead atoms. The Hall–Kier alpha value is -1.22. The van der Waals surface area contributed by atoms with Crippen molar-refractivity contribution >= 4 is 29.9 Å². The topological polar surface area (TPSA) is 58.1 Å². The normalized spacial score (nSPS) is 23.6. The van der Waals surface area contributed by atoms with Crippen molar-refractivity contribution in [1.29, 1.82) is 0 Å². The lowest BCUT2D eigenvalue weighted by Gasteiger charge is -2.20. The van der Waals surface area contributed by atoms with Gasteiger partial charge in [-0.2, -0.15) is 0 Å². The summed E-state index contributed by atoms with van der Waals surface area (Å²) < 4.78 is 11.2. The van der Waals surface area contributed by atoms with E-state index < -0.39 is 0 Å². The van der Waals surface area contributed by atoms with E-state index in [2.05, 4.69) is 29.4 Å². The standard InChI is InChI=1S/C21H34N4O2.HI/c1-5-22-21(24-17-11-15(2)25(14-17)18-9-10-18)23-13-16(3)27-20-8-6-7-19(12-20)26-4;/h6-8,12,15-18H,5,9-11,13-14H2,1-4H3,(H2,22,23,24);1H. The summed E-state index contributed by atoms with van der Waals surface area (Å²) in [5, 5.41) is 6.99. The van der Waals surface area contributed by atoms with Gasteiger partial charge in [-0.1, -0.05) is 6.07 Å². The summed E-state index contributed by atoms with van der Waals surface area (Å²) in [5.74, 6) is 2.49. The van der Waals surface area contributed by atoms with Crippen LogP contribution in [0.1, 0.15) is 40.0 Å². The zero-order valence-corrected chi connectivity index (χ0v) is 19.8. The van der Waals surface area contributed by atoms with Crippen LogP contribution in [0.3, 0.4) is 0 Å². The summed E-state index contributed by atoms with van der Waals surface area (Å²) in [5.41, 5.74) is 0. The molecule has 0 spiro atoms. The summed E-state index contributed by atoms with van der Waals surface area (Å²) >= 11 is 0. The summed E-state index contributed by atoms with van der Waals surface area (Å²) in [4.78, 5) is 7.39. The van der Waals surface area contributed by atoms with Gasteiger partial charge in [0.25, 0.3) is 0 Å². The van der Waals surface area contributed by atoms with Crippen LogP contribution in [0.4, 0.5) is 0 Å². The van der Waals surface area contributed by atoms with E-state index >= 15 is 0 Å². The quantitative estimate of drug-likeness (QED) is 0.325. The van der Waals surface area contributed by atoms with E-state index in [1.165, 1.54) is 19.3 Å². The van der Waals surface area contributed by atoms with Crippen molar-refractivity contribution in [3.05, 3.63) is 24.3 Å². The predicted octanol–water partition coefficient (Wildman–Crippen LogP) is 3.26. The highest BCUT2D eigenvalue weighted by atomic mass is 127. The van der Waals surface area contributed by atoms with E-state index in [0.29, 0.717) is 18.6 Å².